The lowest BCUT2D eigenvalue weighted by Crippen LogP contribution is -2.05. The fourth-order valence-corrected chi connectivity index (χ4v) is 3.34. The Kier molecular flexibility index (Phi) is 7.01. The fourth-order valence-electron chi connectivity index (χ4n) is 2.91. The number of hydrogen-bond donors (Lipinski definition) is 1. The first-order valence-electron chi connectivity index (χ1n) is 9.30. The molecule has 1 aromatic heterocycles. The molecule has 1 heterocycles. The minimum atomic E-state index is 0.308. The van der Waals surface area contributed by atoms with Crippen LogP contribution >= 0.6 is 23.8 Å². The molecule has 0 unspecified atom stereocenters. The number of benzene rings is 2. The third kappa shape index (κ3) is 4.88. The number of halogens is 1. The van der Waals surface area contributed by atoms with Gasteiger partial charge in [0, 0.05) is 5.92 Å². The second-order valence-corrected chi connectivity index (χ2v) is 7.21. The van der Waals surface area contributed by atoms with E-state index in [9.17, 15) is 0 Å². The normalized spacial score (nSPS) is 11.4. The van der Waals surface area contributed by atoms with Crippen LogP contribution in [0.3, 0.4) is 0 Å². The molecule has 0 aliphatic carbocycles. The van der Waals surface area contributed by atoms with Crippen LogP contribution in [-0.4, -0.2) is 21.1 Å². The van der Waals surface area contributed by atoms with Gasteiger partial charge in [-0.15, -0.1) is 0 Å². The average Bonchev–Trinajstić information content (AvgIpc) is 3.08. The number of nitrogens with one attached hydrogen (secondary N) is 1. The number of rotatable bonds is 8. The standard InChI is InChI=1S/C21H23ClN4OS/c1-3-17(4-2)20-24-25-21(28)26(20)23-13-16-10-11-19(18(22)12-16)27-14-15-8-6-5-7-9-15/h5-13,17H,3-4,14H2,1-2H3,(H,25,28)/b23-13-. The highest BCUT2D eigenvalue weighted by Crippen LogP contribution is 2.26. The van der Waals surface area contributed by atoms with E-state index in [1.807, 2.05) is 48.5 Å². The molecule has 2 aromatic carbocycles. The molecule has 0 bridgehead atoms. The molecule has 0 aliphatic rings. The Bertz CT molecular complexity index is 993. The summed E-state index contributed by atoms with van der Waals surface area (Å²) >= 11 is 11.7. The van der Waals surface area contributed by atoms with Gasteiger partial charge in [-0.25, -0.2) is 0 Å². The van der Waals surface area contributed by atoms with Crippen molar-refractivity contribution in [1.82, 2.24) is 14.9 Å². The van der Waals surface area contributed by atoms with Gasteiger partial charge in [0.2, 0.25) is 4.77 Å². The van der Waals surface area contributed by atoms with E-state index < -0.39 is 0 Å². The van der Waals surface area contributed by atoms with Crippen LogP contribution in [0.25, 0.3) is 0 Å². The Hall–Kier alpha value is -2.44. The summed E-state index contributed by atoms with van der Waals surface area (Å²) in [7, 11) is 0. The number of ether oxygens (including phenoxy) is 1. The minimum Gasteiger partial charge on any atom is -0.487 e. The van der Waals surface area contributed by atoms with E-state index in [2.05, 4.69) is 29.1 Å². The van der Waals surface area contributed by atoms with Crippen molar-refractivity contribution < 1.29 is 4.74 Å². The van der Waals surface area contributed by atoms with Gasteiger partial charge in [0.05, 0.1) is 11.2 Å². The predicted octanol–water partition coefficient (Wildman–Crippen LogP) is 5.96. The molecule has 7 heteroatoms. The van der Waals surface area contributed by atoms with Crippen molar-refractivity contribution in [2.24, 2.45) is 5.10 Å². The zero-order chi connectivity index (χ0) is 19.9. The van der Waals surface area contributed by atoms with Gasteiger partial charge in [-0.3, -0.25) is 5.10 Å². The Balaban J connectivity index is 1.74. The van der Waals surface area contributed by atoms with Crippen LogP contribution in [0, 0.1) is 4.77 Å². The van der Waals surface area contributed by atoms with Crippen LogP contribution in [0.2, 0.25) is 5.02 Å². The summed E-state index contributed by atoms with van der Waals surface area (Å²) in [5, 5.41) is 12.2. The van der Waals surface area contributed by atoms with Gasteiger partial charge in [0.1, 0.15) is 12.4 Å². The van der Waals surface area contributed by atoms with Crippen molar-refractivity contribution in [1.29, 1.82) is 0 Å². The molecule has 0 atom stereocenters. The van der Waals surface area contributed by atoms with Crippen LogP contribution < -0.4 is 4.74 Å². The van der Waals surface area contributed by atoms with E-state index in [1.165, 1.54) is 0 Å². The number of hydrogen-bond acceptors (Lipinski definition) is 4. The second kappa shape index (κ2) is 9.66. The molecule has 28 heavy (non-hydrogen) atoms. The highest BCUT2D eigenvalue weighted by molar-refractivity contribution is 7.71. The van der Waals surface area contributed by atoms with Gasteiger partial charge in [0.25, 0.3) is 0 Å². The largest absolute Gasteiger partial charge is 0.487 e. The predicted molar refractivity (Wildman–Crippen MR) is 116 cm³/mol. The summed E-state index contributed by atoms with van der Waals surface area (Å²) in [4.78, 5) is 0. The smallest absolute Gasteiger partial charge is 0.216 e. The van der Waals surface area contributed by atoms with E-state index >= 15 is 0 Å². The quantitative estimate of drug-likeness (QED) is 0.365. The first-order chi connectivity index (χ1) is 13.6. The Labute approximate surface area is 175 Å². The fraction of sp³-hybridized carbons (Fsp3) is 0.286. The molecule has 0 fully saturated rings. The Morgan fingerprint density at radius 1 is 1.21 bits per heavy atom. The van der Waals surface area contributed by atoms with Gasteiger partial charge >= 0.3 is 0 Å². The zero-order valence-corrected chi connectivity index (χ0v) is 17.5. The highest BCUT2D eigenvalue weighted by atomic mass is 35.5. The Morgan fingerprint density at radius 3 is 2.64 bits per heavy atom. The van der Waals surface area contributed by atoms with Gasteiger partial charge in [-0.05, 0) is 54.4 Å². The summed E-state index contributed by atoms with van der Waals surface area (Å²) in [6.07, 6.45) is 3.68. The van der Waals surface area contributed by atoms with E-state index in [-0.39, 0.29) is 0 Å². The molecule has 3 rings (SSSR count). The van der Waals surface area contributed by atoms with Gasteiger partial charge < -0.3 is 4.74 Å². The molecule has 0 spiro atoms. The molecule has 0 aliphatic heterocycles. The van der Waals surface area contributed by atoms with E-state index in [0.29, 0.717) is 28.1 Å². The minimum absolute atomic E-state index is 0.308. The van der Waals surface area contributed by atoms with Crippen molar-refractivity contribution in [3.05, 3.63) is 75.3 Å². The number of H-pyrrole nitrogens is 1. The van der Waals surface area contributed by atoms with Gasteiger partial charge in [-0.1, -0.05) is 55.8 Å². The lowest BCUT2D eigenvalue weighted by atomic mass is 10.0. The maximum atomic E-state index is 6.38. The van der Waals surface area contributed by atoms with E-state index in [4.69, 9.17) is 28.6 Å². The molecular weight excluding hydrogens is 392 g/mol. The third-order valence-corrected chi connectivity index (χ3v) is 5.10. The van der Waals surface area contributed by atoms with Crippen LogP contribution in [-0.2, 0) is 6.61 Å². The first-order valence-corrected chi connectivity index (χ1v) is 10.1. The maximum Gasteiger partial charge on any atom is 0.216 e. The monoisotopic (exact) mass is 414 g/mol. The highest BCUT2D eigenvalue weighted by Gasteiger charge is 2.15. The summed E-state index contributed by atoms with van der Waals surface area (Å²) < 4.78 is 7.97. The van der Waals surface area contributed by atoms with E-state index in [1.54, 1.807) is 10.9 Å². The summed E-state index contributed by atoms with van der Waals surface area (Å²) in [5.74, 6) is 1.79. The summed E-state index contributed by atoms with van der Waals surface area (Å²) in [6.45, 7) is 4.73. The molecule has 1 N–H and O–H groups in total. The van der Waals surface area contributed by atoms with E-state index in [0.717, 1.165) is 29.8 Å². The average molecular weight is 415 g/mol. The molecule has 0 amide bonds. The van der Waals surface area contributed by atoms with Gasteiger partial charge in [0.15, 0.2) is 5.82 Å². The second-order valence-electron chi connectivity index (χ2n) is 6.42. The third-order valence-electron chi connectivity index (χ3n) is 4.54. The summed E-state index contributed by atoms with van der Waals surface area (Å²) in [5.41, 5.74) is 1.95. The van der Waals surface area contributed by atoms with Crippen LogP contribution in [0.15, 0.2) is 53.6 Å². The molecule has 0 saturated carbocycles. The topological polar surface area (TPSA) is 55.2 Å². The molecular formula is C21H23ClN4OS. The van der Waals surface area contributed by atoms with Crippen LogP contribution in [0.1, 0.15) is 49.6 Å². The maximum absolute atomic E-state index is 6.38. The van der Waals surface area contributed by atoms with Crippen LogP contribution in [0.5, 0.6) is 5.75 Å². The Morgan fingerprint density at radius 2 is 1.96 bits per heavy atom. The molecule has 3 aromatic rings. The lowest BCUT2D eigenvalue weighted by Gasteiger charge is -2.10. The first kappa shape index (κ1) is 20.3. The van der Waals surface area contributed by atoms with Gasteiger partial charge in [-0.2, -0.15) is 14.9 Å². The SMILES string of the molecule is CCC(CC)c1n[nH]c(=S)n1/N=C\c1ccc(OCc2ccccc2)c(Cl)c1. The molecule has 146 valence electrons. The zero-order valence-electron chi connectivity index (χ0n) is 15.9. The molecule has 0 saturated heterocycles. The van der Waals surface area contributed by atoms with Crippen molar-refractivity contribution in [2.45, 2.75) is 39.2 Å². The lowest BCUT2D eigenvalue weighted by molar-refractivity contribution is 0.306. The summed E-state index contributed by atoms with van der Waals surface area (Å²) in [6, 6.07) is 15.6. The number of nitrogens with zero attached hydrogens (tertiary/aromatic N) is 3. The van der Waals surface area contributed by atoms with Crippen molar-refractivity contribution >= 4 is 30.0 Å². The van der Waals surface area contributed by atoms with Crippen molar-refractivity contribution in [2.75, 3.05) is 0 Å². The number of aromatic amines is 1. The number of aromatic nitrogens is 3. The van der Waals surface area contributed by atoms with Crippen molar-refractivity contribution in [3.8, 4) is 5.75 Å². The van der Waals surface area contributed by atoms with Crippen molar-refractivity contribution in [3.63, 3.8) is 0 Å². The molecule has 0 radical (unpaired) electrons. The molecule has 5 nitrogen and oxygen atoms in total. The van der Waals surface area contributed by atoms with Crippen LogP contribution in [0.4, 0.5) is 0 Å².